The van der Waals surface area contributed by atoms with E-state index < -0.39 is 44.3 Å². The lowest BCUT2D eigenvalue weighted by molar-refractivity contribution is -0.0636. The molecular weight excluding hydrogens is 451 g/mol. The van der Waals surface area contributed by atoms with Crippen molar-refractivity contribution in [3.05, 3.63) is 32.6 Å². The Labute approximate surface area is 195 Å². The molecule has 11 nitrogen and oxygen atoms in total. The third-order valence-electron chi connectivity index (χ3n) is 5.18. The molecule has 0 amide bonds. The van der Waals surface area contributed by atoms with Crippen LogP contribution in [0.2, 0.25) is 0 Å². The van der Waals surface area contributed by atoms with Crippen LogP contribution in [-0.2, 0) is 23.3 Å². The SMILES string of the molecule is COC[C@H]1O[C@@H](n2cc(C)c(=O)[nH]c2=O)[C@@H](OP(OCCC#N)N(C(C)C)C(C)C)C1OC. The van der Waals surface area contributed by atoms with E-state index in [4.69, 9.17) is 28.5 Å². The average molecular weight is 487 g/mol. The van der Waals surface area contributed by atoms with Crippen molar-refractivity contribution < 1.29 is 23.3 Å². The first kappa shape index (κ1) is 27.6. The summed E-state index contributed by atoms with van der Waals surface area (Å²) >= 11 is 0. The summed E-state index contributed by atoms with van der Waals surface area (Å²) in [5.74, 6) is 0. The molecule has 0 radical (unpaired) electrons. The molecule has 1 aliphatic rings. The quantitative estimate of drug-likeness (QED) is 0.349. The van der Waals surface area contributed by atoms with E-state index in [-0.39, 0.29) is 31.7 Å². The Bertz CT molecular complexity index is 905. The number of nitriles is 1. The van der Waals surface area contributed by atoms with Crippen LogP contribution in [0, 0.1) is 18.3 Å². The molecule has 1 N–H and O–H groups in total. The summed E-state index contributed by atoms with van der Waals surface area (Å²) in [7, 11) is 1.46. The zero-order valence-corrected chi connectivity index (χ0v) is 21.2. The molecule has 1 aliphatic heterocycles. The monoisotopic (exact) mass is 486 g/mol. The van der Waals surface area contributed by atoms with Gasteiger partial charge in [0.2, 0.25) is 0 Å². The Balaban J connectivity index is 2.50. The number of aromatic amines is 1. The van der Waals surface area contributed by atoms with E-state index in [9.17, 15) is 9.59 Å². The fraction of sp³-hybridized carbons (Fsp3) is 0.762. The molecule has 186 valence electrons. The van der Waals surface area contributed by atoms with Crippen LogP contribution in [0.15, 0.2) is 15.8 Å². The van der Waals surface area contributed by atoms with E-state index >= 15 is 0 Å². The molecular formula is C21H35N4O7P. The number of aryl methyl sites for hydroxylation is 1. The second kappa shape index (κ2) is 12.7. The minimum atomic E-state index is -1.63. The van der Waals surface area contributed by atoms with Crippen molar-refractivity contribution in [3.8, 4) is 6.07 Å². The number of hydrogen-bond donors (Lipinski definition) is 1. The van der Waals surface area contributed by atoms with Gasteiger partial charge in [-0.3, -0.25) is 14.3 Å². The summed E-state index contributed by atoms with van der Waals surface area (Å²) in [6.45, 7) is 10.2. The second-order valence-corrected chi connectivity index (χ2v) is 9.72. The van der Waals surface area contributed by atoms with Crippen LogP contribution >= 0.6 is 8.53 Å². The third kappa shape index (κ3) is 6.70. The molecule has 2 unspecified atom stereocenters. The minimum Gasteiger partial charge on any atom is -0.382 e. The first-order chi connectivity index (χ1) is 15.7. The van der Waals surface area contributed by atoms with Crippen LogP contribution in [0.1, 0.15) is 45.9 Å². The highest BCUT2D eigenvalue weighted by atomic mass is 31.2. The van der Waals surface area contributed by atoms with Crippen LogP contribution in [-0.4, -0.2) is 72.1 Å². The molecule has 1 aromatic rings. The van der Waals surface area contributed by atoms with Gasteiger partial charge in [-0.15, -0.1) is 0 Å². The van der Waals surface area contributed by atoms with Crippen LogP contribution in [0.25, 0.3) is 0 Å². The van der Waals surface area contributed by atoms with E-state index in [0.29, 0.717) is 5.56 Å². The number of H-pyrrole nitrogens is 1. The highest BCUT2D eigenvalue weighted by Gasteiger charge is 2.49. The van der Waals surface area contributed by atoms with E-state index in [0.717, 1.165) is 0 Å². The average Bonchev–Trinajstić information content (AvgIpc) is 3.07. The summed E-state index contributed by atoms with van der Waals surface area (Å²) in [4.78, 5) is 26.9. The van der Waals surface area contributed by atoms with E-state index in [2.05, 4.69) is 15.7 Å². The van der Waals surface area contributed by atoms with Crippen LogP contribution < -0.4 is 11.2 Å². The molecule has 1 saturated heterocycles. The van der Waals surface area contributed by atoms with Crippen molar-refractivity contribution in [2.75, 3.05) is 27.4 Å². The van der Waals surface area contributed by atoms with Gasteiger partial charge in [-0.25, -0.2) is 9.46 Å². The van der Waals surface area contributed by atoms with Crippen LogP contribution in [0.5, 0.6) is 0 Å². The second-order valence-electron chi connectivity index (χ2n) is 8.32. The number of nitrogens with zero attached hydrogens (tertiary/aromatic N) is 3. The smallest absolute Gasteiger partial charge is 0.330 e. The summed E-state index contributed by atoms with van der Waals surface area (Å²) in [5, 5.41) is 8.97. The molecule has 0 aliphatic carbocycles. The number of nitrogens with one attached hydrogen (secondary N) is 1. The number of methoxy groups -OCH3 is 2. The lowest BCUT2D eigenvalue weighted by Gasteiger charge is -2.38. The predicted molar refractivity (Wildman–Crippen MR) is 123 cm³/mol. The first-order valence-electron chi connectivity index (χ1n) is 10.9. The first-order valence-corrected chi connectivity index (χ1v) is 12.0. The molecule has 0 saturated carbocycles. The van der Waals surface area contributed by atoms with Crippen molar-refractivity contribution in [1.82, 2.24) is 14.2 Å². The van der Waals surface area contributed by atoms with Gasteiger partial charge in [0, 0.05) is 38.1 Å². The van der Waals surface area contributed by atoms with E-state index in [1.165, 1.54) is 17.9 Å². The van der Waals surface area contributed by atoms with E-state index in [1.54, 1.807) is 14.0 Å². The maximum atomic E-state index is 12.7. The predicted octanol–water partition coefficient (Wildman–Crippen LogP) is 2.07. The molecule has 33 heavy (non-hydrogen) atoms. The number of aromatic nitrogens is 2. The molecule has 0 bridgehead atoms. The van der Waals surface area contributed by atoms with Crippen LogP contribution in [0.3, 0.4) is 0 Å². The molecule has 0 spiro atoms. The van der Waals surface area contributed by atoms with Crippen LogP contribution in [0.4, 0.5) is 0 Å². The van der Waals surface area contributed by atoms with Gasteiger partial charge in [-0.2, -0.15) is 5.26 Å². The highest BCUT2D eigenvalue weighted by molar-refractivity contribution is 7.44. The molecule has 2 heterocycles. The van der Waals surface area contributed by atoms with Gasteiger partial charge >= 0.3 is 5.69 Å². The van der Waals surface area contributed by atoms with Gasteiger partial charge in [-0.1, -0.05) is 0 Å². The zero-order chi connectivity index (χ0) is 24.7. The summed E-state index contributed by atoms with van der Waals surface area (Å²) in [6, 6.07) is 2.26. The summed E-state index contributed by atoms with van der Waals surface area (Å²) in [6.07, 6.45) is -1.05. The zero-order valence-electron chi connectivity index (χ0n) is 20.3. The van der Waals surface area contributed by atoms with Gasteiger partial charge in [0.1, 0.15) is 18.3 Å². The van der Waals surface area contributed by atoms with Crippen molar-refractivity contribution in [2.24, 2.45) is 0 Å². The number of hydrogen-bond acceptors (Lipinski definition) is 9. The van der Waals surface area contributed by atoms with Crippen molar-refractivity contribution >= 4 is 8.53 Å². The van der Waals surface area contributed by atoms with Gasteiger partial charge in [0.25, 0.3) is 14.1 Å². The minimum absolute atomic E-state index is 0.0905. The summed E-state index contributed by atoms with van der Waals surface area (Å²) < 4.78 is 33.1. The summed E-state index contributed by atoms with van der Waals surface area (Å²) in [5.41, 5.74) is -0.715. The Morgan fingerprint density at radius 2 is 1.91 bits per heavy atom. The molecule has 1 fully saturated rings. The lowest BCUT2D eigenvalue weighted by atomic mass is 10.1. The Morgan fingerprint density at radius 1 is 1.24 bits per heavy atom. The van der Waals surface area contributed by atoms with Gasteiger partial charge in [-0.05, 0) is 34.6 Å². The Kier molecular flexibility index (Phi) is 10.6. The topological polar surface area (TPSA) is 128 Å². The standard InChI is InChI=1S/C21H35N4O7P/c1-13(2)25(14(3)4)33(30-10-8-9-22)32-18-17(29-7)16(12-28-6)31-20(18)24-11-15(5)19(26)23-21(24)27/h11,13-14,16-18,20H,8,10,12H2,1-7H3,(H,23,26,27)/t16-,17?,18+,20-,33?/m1/s1. The number of rotatable bonds is 12. The Morgan fingerprint density at radius 3 is 2.45 bits per heavy atom. The van der Waals surface area contributed by atoms with Gasteiger partial charge < -0.3 is 23.3 Å². The van der Waals surface area contributed by atoms with E-state index in [1.807, 2.05) is 27.7 Å². The molecule has 5 atom stereocenters. The highest BCUT2D eigenvalue weighted by Crippen LogP contribution is 2.50. The lowest BCUT2D eigenvalue weighted by Crippen LogP contribution is -2.42. The maximum Gasteiger partial charge on any atom is 0.330 e. The fourth-order valence-electron chi connectivity index (χ4n) is 3.80. The molecule has 12 heteroatoms. The van der Waals surface area contributed by atoms with Gasteiger partial charge in [0.05, 0.1) is 25.7 Å². The van der Waals surface area contributed by atoms with Crippen molar-refractivity contribution in [1.29, 1.82) is 5.26 Å². The Hall–Kier alpha value is -1.64. The van der Waals surface area contributed by atoms with Crippen molar-refractivity contribution in [3.63, 3.8) is 0 Å². The molecule has 1 aromatic heterocycles. The molecule has 2 rings (SSSR count). The molecule has 0 aromatic carbocycles. The third-order valence-corrected chi connectivity index (χ3v) is 7.31. The fourth-order valence-corrected chi connectivity index (χ4v) is 5.54. The number of ether oxygens (including phenoxy) is 3. The van der Waals surface area contributed by atoms with Crippen molar-refractivity contribution in [2.45, 2.75) is 77.7 Å². The van der Waals surface area contributed by atoms with Gasteiger partial charge in [0.15, 0.2) is 6.23 Å². The normalized spacial score (nSPS) is 24.0. The maximum absolute atomic E-state index is 12.7. The largest absolute Gasteiger partial charge is 0.382 e.